The summed E-state index contributed by atoms with van der Waals surface area (Å²) in [6.45, 7) is 5.35. The minimum absolute atomic E-state index is 0.138. The molecule has 0 radical (unpaired) electrons. The summed E-state index contributed by atoms with van der Waals surface area (Å²) in [6, 6.07) is 10.8. The van der Waals surface area contributed by atoms with E-state index in [4.69, 9.17) is 4.74 Å². The Hall–Kier alpha value is -2.78. The average Bonchev–Trinajstić information content (AvgIpc) is 3.16. The van der Waals surface area contributed by atoms with Crippen molar-refractivity contribution in [2.75, 3.05) is 13.2 Å². The van der Waals surface area contributed by atoms with E-state index < -0.39 is 11.6 Å². The van der Waals surface area contributed by atoms with Crippen molar-refractivity contribution < 1.29 is 13.5 Å². The highest BCUT2D eigenvalue weighted by Crippen LogP contribution is 2.36. The molecule has 0 N–H and O–H groups in total. The number of para-hydroxylation sites is 1. The summed E-state index contributed by atoms with van der Waals surface area (Å²) in [7, 11) is 0. The van der Waals surface area contributed by atoms with Crippen molar-refractivity contribution >= 4 is 28.4 Å². The first-order chi connectivity index (χ1) is 15.0. The van der Waals surface area contributed by atoms with Gasteiger partial charge >= 0.3 is 0 Å². The SMILES string of the molecule is CCOCCCn1c(=O)c2ccccc2n2c(SC(C)c3ccc(F)cc3F)nnc12. The van der Waals surface area contributed by atoms with E-state index in [-0.39, 0.29) is 10.8 Å². The van der Waals surface area contributed by atoms with E-state index in [1.165, 1.54) is 23.9 Å². The summed E-state index contributed by atoms with van der Waals surface area (Å²) in [6.07, 6.45) is 0.661. The molecule has 4 aromatic rings. The fourth-order valence-electron chi connectivity index (χ4n) is 3.53. The molecule has 0 spiro atoms. The van der Waals surface area contributed by atoms with Crippen LogP contribution in [0.2, 0.25) is 0 Å². The zero-order valence-corrected chi connectivity index (χ0v) is 18.0. The lowest BCUT2D eigenvalue weighted by molar-refractivity contribution is 0.141. The zero-order chi connectivity index (χ0) is 22.0. The first kappa shape index (κ1) is 21.5. The molecule has 0 bridgehead atoms. The zero-order valence-electron chi connectivity index (χ0n) is 17.2. The van der Waals surface area contributed by atoms with Crippen molar-refractivity contribution in [3.05, 3.63) is 70.0 Å². The Morgan fingerprint density at radius 2 is 1.97 bits per heavy atom. The molecule has 0 aliphatic rings. The number of hydrogen-bond acceptors (Lipinski definition) is 5. The summed E-state index contributed by atoms with van der Waals surface area (Å²) in [5.41, 5.74) is 0.918. The van der Waals surface area contributed by atoms with Crippen LogP contribution in [0.4, 0.5) is 8.78 Å². The lowest BCUT2D eigenvalue weighted by atomic mass is 10.1. The molecule has 0 saturated heterocycles. The molecule has 162 valence electrons. The minimum atomic E-state index is -0.617. The highest BCUT2D eigenvalue weighted by molar-refractivity contribution is 7.99. The topological polar surface area (TPSA) is 61.4 Å². The smallest absolute Gasteiger partial charge is 0.262 e. The number of rotatable bonds is 8. The van der Waals surface area contributed by atoms with Gasteiger partial charge in [-0.25, -0.2) is 8.78 Å². The summed E-state index contributed by atoms with van der Waals surface area (Å²) in [4.78, 5) is 13.1. The van der Waals surface area contributed by atoms with Gasteiger partial charge in [0.15, 0.2) is 5.16 Å². The van der Waals surface area contributed by atoms with Crippen molar-refractivity contribution in [2.24, 2.45) is 0 Å². The number of nitrogens with zero attached hydrogens (tertiary/aromatic N) is 4. The van der Waals surface area contributed by atoms with E-state index >= 15 is 0 Å². The third kappa shape index (κ3) is 4.20. The van der Waals surface area contributed by atoms with Gasteiger partial charge in [0.25, 0.3) is 5.56 Å². The fourth-order valence-corrected chi connectivity index (χ4v) is 4.54. The second kappa shape index (κ2) is 9.15. The van der Waals surface area contributed by atoms with Gasteiger partial charge in [0, 0.05) is 36.6 Å². The van der Waals surface area contributed by atoms with Gasteiger partial charge in [0.1, 0.15) is 11.6 Å². The average molecular weight is 445 g/mol. The highest BCUT2D eigenvalue weighted by atomic mass is 32.2. The molecular weight excluding hydrogens is 422 g/mol. The maximum absolute atomic E-state index is 14.3. The number of thioether (sulfide) groups is 1. The van der Waals surface area contributed by atoms with E-state index in [2.05, 4.69) is 10.2 Å². The molecule has 31 heavy (non-hydrogen) atoms. The van der Waals surface area contributed by atoms with Crippen LogP contribution in [0.5, 0.6) is 0 Å². The van der Waals surface area contributed by atoms with Gasteiger partial charge in [0.05, 0.1) is 10.9 Å². The van der Waals surface area contributed by atoms with Crippen molar-refractivity contribution in [1.29, 1.82) is 0 Å². The van der Waals surface area contributed by atoms with Crippen LogP contribution < -0.4 is 5.56 Å². The predicted molar refractivity (Wildman–Crippen MR) is 116 cm³/mol. The first-order valence-corrected chi connectivity index (χ1v) is 10.9. The third-order valence-electron chi connectivity index (χ3n) is 5.04. The quantitative estimate of drug-likeness (QED) is 0.294. The van der Waals surface area contributed by atoms with Crippen LogP contribution in [0.3, 0.4) is 0 Å². The number of halogens is 2. The number of ether oxygens (including phenoxy) is 1. The summed E-state index contributed by atoms with van der Waals surface area (Å²) >= 11 is 1.30. The monoisotopic (exact) mass is 444 g/mol. The van der Waals surface area contributed by atoms with Crippen LogP contribution in [0.1, 0.15) is 31.1 Å². The Balaban J connectivity index is 1.78. The van der Waals surface area contributed by atoms with E-state index in [0.29, 0.717) is 53.6 Å². The van der Waals surface area contributed by atoms with Crippen molar-refractivity contribution in [2.45, 2.75) is 37.2 Å². The van der Waals surface area contributed by atoms with Gasteiger partial charge in [-0.3, -0.25) is 13.8 Å². The van der Waals surface area contributed by atoms with Crippen LogP contribution in [-0.2, 0) is 11.3 Å². The normalized spacial score (nSPS) is 12.6. The third-order valence-corrected chi connectivity index (χ3v) is 6.12. The summed E-state index contributed by atoms with van der Waals surface area (Å²) in [5, 5.41) is 9.30. The summed E-state index contributed by atoms with van der Waals surface area (Å²) < 4.78 is 36.4. The molecule has 4 rings (SSSR count). The molecule has 0 fully saturated rings. The molecular formula is C22H22F2N4O2S. The molecule has 6 nitrogen and oxygen atoms in total. The summed E-state index contributed by atoms with van der Waals surface area (Å²) in [5.74, 6) is -0.797. The van der Waals surface area contributed by atoms with Gasteiger partial charge in [-0.2, -0.15) is 0 Å². The van der Waals surface area contributed by atoms with E-state index in [9.17, 15) is 13.6 Å². The van der Waals surface area contributed by atoms with E-state index in [1.807, 2.05) is 36.4 Å². The Morgan fingerprint density at radius 3 is 2.74 bits per heavy atom. The second-order valence-electron chi connectivity index (χ2n) is 7.07. The minimum Gasteiger partial charge on any atom is -0.382 e. The van der Waals surface area contributed by atoms with Crippen molar-refractivity contribution in [3.8, 4) is 0 Å². The molecule has 2 heterocycles. The predicted octanol–water partition coefficient (Wildman–Crippen LogP) is 4.60. The largest absolute Gasteiger partial charge is 0.382 e. The molecule has 0 aliphatic carbocycles. The number of fused-ring (bicyclic) bond motifs is 3. The fraction of sp³-hybridized carbons (Fsp3) is 0.318. The van der Waals surface area contributed by atoms with Crippen molar-refractivity contribution in [3.63, 3.8) is 0 Å². The van der Waals surface area contributed by atoms with Gasteiger partial charge in [-0.1, -0.05) is 30.0 Å². The molecule has 1 atom stereocenters. The highest BCUT2D eigenvalue weighted by Gasteiger charge is 2.20. The van der Waals surface area contributed by atoms with E-state index in [0.717, 1.165) is 6.07 Å². The Kier molecular flexibility index (Phi) is 6.33. The Labute approximate surface area is 181 Å². The lowest BCUT2D eigenvalue weighted by Crippen LogP contribution is -2.24. The van der Waals surface area contributed by atoms with Gasteiger partial charge in [-0.05, 0) is 38.5 Å². The van der Waals surface area contributed by atoms with Crippen LogP contribution in [-0.4, -0.2) is 32.4 Å². The molecule has 1 unspecified atom stereocenters. The Bertz CT molecular complexity index is 1290. The Morgan fingerprint density at radius 1 is 1.16 bits per heavy atom. The van der Waals surface area contributed by atoms with Gasteiger partial charge < -0.3 is 4.74 Å². The number of hydrogen-bond donors (Lipinski definition) is 0. The molecule has 0 amide bonds. The molecule has 0 saturated carbocycles. The molecule has 2 aromatic heterocycles. The molecule has 0 aliphatic heterocycles. The standard InChI is InChI=1S/C22H22F2N4O2S/c1-3-30-12-6-11-27-20(29)17-7-4-5-8-19(17)28-21(27)25-26-22(28)31-14(2)16-10-9-15(23)13-18(16)24/h4-5,7-10,13-14H,3,6,11-12H2,1-2H3. The van der Waals surface area contributed by atoms with E-state index in [1.54, 1.807) is 10.6 Å². The number of aromatic nitrogens is 4. The maximum atomic E-state index is 14.3. The lowest BCUT2D eigenvalue weighted by Gasteiger charge is -2.14. The number of benzene rings is 2. The van der Waals surface area contributed by atoms with Crippen LogP contribution >= 0.6 is 11.8 Å². The van der Waals surface area contributed by atoms with Crippen LogP contribution in [0.15, 0.2) is 52.4 Å². The molecule has 2 aromatic carbocycles. The second-order valence-corrected chi connectivity index (χ2v) is 8.38. The van der Waals surface area contributed by atoms with Gasteiger partial charge in [0.2, 0.25) is 5.78 Å². The van der Waals surface area contributed by atoms with Crippen molar-refractivity contribution in [1.82, 2.24) is 19.2 Å². The van der Waals surface area contributed by atoms with Crippen LogP contribution in [0.25, 0.3) is 16.7 Å². The van der Waals surface area contributed by atoms with Crippen LogP contribution in [0, 0.1) is 11.6 Å². The van der Waals surface area contributed by atoms with Gasteiger partial charge in [-0.15, -0.1) is 10.2 Å². The number of aryl methyl sites for hydroxylation is 1. The molecule has 9 heteroatoms. The first-order valence-electron chi connectivity index (χ1n) is 10.1. The maximum Gasteiger partial charge on any atom is 0.262 e.